The summed E-state index contributed by atoms with van der Waals surface area (Å²) in [4.78, 5) is -0.0617. The molecule has 2 aromatic carbocycles. The SMILES string of the molecule is Cc1cc(Br)cc(NS(=O)(=O)c2cc(CO)ccc2Cl)c1. The average molecular weight is 391 g/mol. The molecule has 0 heterocycles. The molecular weight excluding hydrogens is 378 g/mol. The number of rotatable bonds is 4. The van der Waals surface area contributed by atoms with Gasteiger partial charge < -0.3 is 5.11 Å². The Morgan fingerprint density at radius 3 is 2.57 bits per heavy atom. The lowest BCUT2D eigenvalue weighted by atomic mass is 10.2. The molecule has 2 aromatic rings. The summed E-state index contributed by atoms with van der Waals surface area (Å²) in [6.07, 6.45) is 0. The minimum absolute atomic E-state index is 0.0617. The maximum absolute atomic E-state index is 12.4. The summed E-state index contributed by atoms with van der Waals surface area (Å²) in [5.41, 5.74) is 1.83. The number of aliphatic hydroxyl groups excluding tert-OH is 1. The first-order chi connectivity index (χ1) is 9.81. The van der Waals surface area contributed by atoms with Crippen LogP contribution in [0.5, 0.6) is 0 Å². The number of hydrogen-bond acceptors (Lipinski definition) is 3. The van der Waals surface area contributed by atoms with Gasteiger partial charge in [-0.05, 0) is 48.4 Å². The molecule has 7 heteroatoms. The zero-order valence-corrected chi connectivity index (χ0v) is 14.3. The number of halogens is 2. The summed E-state index contributed by atoms with van der Waals surface area (Å²) >= 11 is 9.28. The van der Waals surface area contributed by atoms with Gasteiger partial charge in [-0.15, -0.1) is 0 Å². The molecule has 21 heavy (non-hydrogen) atoms. The Kier molecular flexibility index (Phi) is 4.93. The van der Waals surface area contributed by atoms with Crippen LogP contribution >= 0.6 is 27.5 Å². The molecule has 0 saturated carbocycles. The van der Waals surface area contributed by atoms with Crippen molar-refractivity contribution in [1.29, 1.82) is 0 Å². The number of benzene rings is 2. The van der Waals surface area contributed by atoms with E-state index in [2.05, 4.69) is 20.7 Å². The quantitative estimate of drug-likeness (QED) is 0.836. The standard InChI is InChI=1S/C14H13BrClNO3S/c1-9-4-11(15)7-12(5-9)17-21(19,20)14-6-10(8-18)2-3-13(14)16/h2-7,17-18H,8H2,1H3. The van der Waals surface area contributed by atoms with Crippen LogP contribution in [-0.2, 0) is 16.6 Å². The van der Waals surface area contributed by atoms with Gasteiger partial charge in [0, 0.05) is 4.47 Å². The highest BCUT2D eigenvalue weighted by Crippen LogP contribution is 2.26. The van der Waals surface area contributed by atoms with Crippen LogP contribution in [0.1, 0.15) is 11.1 Å². The molecular formula is C14H13BrClNO3S. The second-order valence-electron chi connectivity index (χ2n) is 4.55. The summed E-state index contributed by atoms with van der Waals surface area (Å²) < 4.78 is 28.1. The van der Waals surface area contributed by atoms with E-state index >= 15 is 0 Å². The Labute approximate surface area is 136 Å². The lowest BCUT2D eigenvalue weighted by molar-refractivity contribution is 0.281. The van der Waals surface area contributed by atoms with Crippen molar-refractivity contribution in [3.63, 3.8) is 0 Å². The summed E-state index contributed by atoms with van der Waals surface area (Å²) in [6, 6.07) is 9.63. The van der Waals surface area contributed by atoms with Crippen LogP contribution in [0.2, 0.25) is 5.02 Å². The van der Waals surface area contributed by atoms with Crippen molar-refractivity contribution in [2.75, 3.05) is 4.72 Å². The van der Waals surface area contributed by atoms with Gasteiger partial charge in [-0.25, -0.2) is 8.42 Å². The molecule has 0 saturated heterocycles. The van der Waals surface area contributed by atoms with E-state index in [1.165, 1.54) is 12.1 Å². The van der Waals surface area contributed by atoms with Crippen LogP contribution in [-0.4, -0.2) is 13.5 Å². The molecule has 4 nitrogen and oxygen atoms in total. The Morgan fingerprint density at radius 2 is 1.95 bits per heavy atom. The van der Waals surface area contributed by atoms with Crippen molar-refractivity contribution in [3.8, 4) is 0 Å². The number of sulfonamides is 1. The molecule has 0 spiro atoms. The van der Waals surface area contributed by atoms with Crippen LogP contribution in [0, 0.1) is 6.92 Å². The first-order valence-electron chi connectivity index (χ1n) is 6.01. The van der Waals surface area contributed by atoms with Crippen molar-refractivity contribution in [2.24, 2.45) is 0 Å². The molecule has 0 unspecified atom stereocenters. The van der Waals surface area contributed by atoms with Crippen molar-refractivity contribution in [1.82, 2.24) is 0 Å². The van der Waals surface area contributed by atoms with Gasteiger partial charge in [0.25, 0.3) is 10.0 Å². The number of aryl methyl sites for hydroxylation is 1. The smallest absolute Gasteiger partial charge is 0.263 e. The van der Waals surface area contributed by atoms with Gasteiger partial charge in [0.05, 0.1) is 17.3 Å². The highest BCUT2D eigenvalue weighted by Gasteiger charge is 2.19. The molecule has 0 fully saturated rings. The number of nitrogens with one attached hydrogen (secondary N) is 1. The van der Waals surface area contributed by atoms with E-state index in [4.69, 9.17) is 16.7 Å². The highest BCUT2D eigenvalue weighted by atomic mass is 79.9. The summed E-state index contributed by atoms with van der Waals surface area (Å²) in [5, 5.41) is 9.22. The van der Waals surface area contributed by atoms with E-state index in [1.54, 1.807) is 18.2 Å². The molecule has 2 rings (SSSR count). The van der Waals surface area contributed by atoms with E-state index in [9.17, 15) is 8.42 Å². The molecule has 0 aliphatic rings. The van der Waals surface area contributed by atoms with Gasteiger partial charge in [0.1, 0.15) is 4.90 Å². The second-order valence-corrected chi connectivity index (χ2v) is 7.52. The number of aliphatic hydroxyl groups is 1. The van der Waals surface area contributed by atoms with E-state index in [-0.39, 0.29) is 16.5 Å². The molecule has 0 aromatic heterocycles. The van der Waals surface area contributed by atoms with Crippen LogP contribution < -0.4 is 4.72 Å². The summed E-state index contributed by atoms with van der Waals surface area (Å²) in [6.45, 7) is 1.61. The topological polar surface area (TPSA) is 66.4 Å². The Balaban J connectivity index is 2.42. The van der Waals surface area contributed by atoms with Crippen molar-refractivity contribution < 1.29 is 13.5 Å². The molecule has 0 radical (unpaired) electrons. The summed E-state index contributed by atoms with van der Waals surface area (Å²) in [7, 11) is -3.82. The van der Waals surface area contributed by atoms with E-state index in [0.29, 0.717) is 11.3 Å². The van der Waals surface area contributed by atoms with Gasteiger partial charge in [-0.1, -0.05) is 33.6 Å². The Bertz CT molecular complexity index is 758. The monoisotopic (exact) mass is 389 g/mol. The first-order valence-corrected chi connectivity index (χ1v) is 8.66. The van der Waals surface area contributed by atoms with Crippen molar-refractivity contribution in [2.45, 2.75) is 18.4 Å². The van der Waals surface area contributed by atoms with Crippen molar-refractivity contribution >= 4 is 43.2 Å². The molecule has 2 N–H and O–H groups in total. The molecule has 0 bridgehead atoms. The third kappa shape index (κ3) is 3.97. The predicted octanol–water partition coefficient (Wildman–Crippen LogP) is 3.70. The van der Waals surface area contributed by atoms with Gasteiger partial charge in [0.15, 0.2) is 0 Å². The molecule has 0 aliphatic carbocycles. The fraction of sp³-hybridized carbons (Fsp3) is 0.143. The van der Waals surface area contributed by atoms with Crippen LogP contribution in [0.25, 0.3) is 0 Å². The minimum Gasteiger partial charge on any atom is -0.392 e. The third-order valence-corrected chi connectivity index (χ3v) is 5.08. The number of anilines is 1. The first kappa shape index (κ1) is 16.3. The second kappa shape index (κ2) is 6.36. The van der Waals surface area contributed by atoms with Crippen molar-refractivity contribution in [3.05, 3.63) is 57.0 Å². The molecule has 112 valence electrons. The van der Waals surface area contributed by atoms with Crippen LogP contribution in [0.15, 0.2) is 45.8 Å². The summed E-state index contributed by atoms with van der Waals surface area (Å²) in [5.74, 6) is 0. The normalized spacial score (nSPS) is 11.4. The lowest BCUT2D eigenvalue weighted by Crippen LogP contribution is -2.14. The van der Waals surface area contributed by atoms with Gasteiger partial charge in [-0.2, -0.15) is 0 Å². The molecule has 0 amide bonds. The largest absolute Gasteiger partial charge is 0.392 e. The van der Waals surface area contributed by atoms with Crippen LogP contribution in [0.4, 0.5) is 5.69 Å². The van der Waals surface area contributed by atoms with E-state index in [1.807, 2.05) is 13.0 Å². The fourth-order valence-corrected chi connectivity index (χ4v) is 4.06. The number of hydrogen-bond donors (Lipinski definition) is 2. The predicted molar refractivity (Wildman–Crippen MR) is 87.1 cm³/mol. The Morgan fingerprint density at radius 1 is 1.24 bits per heavy atom. The van der Waals surface area contributed by atoms with E-state index in [0.717, 1.165) is 10.0 Å². The average Bonchev–Trinajstić information content (AvgIpc) is 2.37. The Hall–Kier alpha value is -1.08. The van der Waals surface area contributed by atoms with E-state index < -0.39 is 10.0 Å². The maximum Gasteiger partial charge on any atom is 0.263 e. The van der Waals surface area contributed by atoms with Gasteiger partial charge in [0.2, 0.25) is 0 Å². The zero-order valence-electron chi connectivity index (χ0n) is 11.1. The van der Waals surface area contributed by atoms with Crippen LogP contribution in [0.3, 0.4) is 0 Å². The molecule has 0 atom stereocenters. The highest BCUT2D eigenvalue weighted by molar-refractivity contribution is 9.10. The lowest BCUT2D eigenvalue weighted by Gasteiger charge is -2.11. The fourth-order valence-electron chi connectivity index (χ4n) is 1.86. The molecule has 0 aliphatic heterocycles. The third-order valence-electron chi connectivity index (χ3n) is 2.76. The maximum atomic E-state index is 12.4. The van der Waals surface area contributed by atoms with Gasteiger partial charge in [-0.3, -0.25) is 4.72 Å². The van der Waals surface area contributed by atoms with Gasteiger partial charge >= 0.3 is 0 Å². The zero-order chi connectivity index (χ0) is 15.6. The minimum atomic E-state index is -3.82.